The lowest BCUT2D eigenvalue weighted by Gasteiger charge is -2.37. The molecule has 160 valence electrons. The summed E-state index contributed by atoms with van der Waals surface area (Å²) in [6.45, 7) is 7.19. The number of anilines is 1. The summed E-state index contributed by atoms with van der Waals surface area (Å²) < 4.78 is 11.3. The highest BCUT2D eigenvalue weighted by atomic mass is 35.5. The molecule has 31 heavy (non-hydrogen) atoms. The molecule has 1 atom stereocenters. The number of hydrogen-bond donors (Lipinski definition) is 0. The summed E-state index contributed by atoms with van der Waals surface area (Å²) in [5.74, 6) is 1.15. The minimum absolute atomic E-state index is 0.369. The van der Waals surface area contributed by atoms with Crippen LogP contribution in [0.15, 0.2) is 59.3 Å². The minimum atomic E-state index is 0.369. The van der Waals surface area contributed by atoms with Crippen molar-refractivity contribution in [3.8, 4) is 5.75 Å². The van der Waals surface area contributed by atoms with Gasteiger partial charge in [0.25, 0.3) is 0 Å². The molecule has 3 heterocycles. The first kappa shape index (κ1) is 20.2. The number of fused-ring (bicyclic) bond motifs is 2. The van der Waals surface area contributed by atoms with Crippen LogP contribution < -0.4 is 9.64 Å². The second kappa shape index (κ2) is 8.40. The molecule has 1 unspecified atom stereocenters. The van der Waals surface area contributed by atoms with E-state index in [0.717, 1.165) is 71.1 Å². The average Bonchev–Trinajstić information content (AvgIpc) is 3.23. The van der Waals surface area contributed by atoms with Crippen LogP contribution in [0, 0.1) is 0 Å². The highest BCUT2D eigenvalue weighted by Gasteiger charge is 2.23. The molecule has 4 aromatic rings. The van der Waals surface area contributed by atoms with E-state index in [2.05, 4.69) is 33.8 Å². The number of rotatable bonds is 5. The van der Waals surface area contributed by atoms with Gasteiger partial charge in [-0.3, -0.25) is 9.88 Å². The Morgan fingerprint density at radius 1 is 1.13 bits per heavy atom. The molecule has 0 spiro atoms. The number of furan rings is 1. The Morgan fingerprint density at radius 3 is 2.77 bits per heavy atom. The van der Waals surface area contributed by atoms with Crippen LogP contribution in [0.25, 0.3) is 21.9 Å². The lowest BCUT2D eigenvalue weighted by Crippen LogP contribution is -2.47. The van der Waals surface area contributed by atoms with Crippen molar-refractivity contribution < 1.29 is 9.15 Å². The Labute approximate surface area is 187 Å². The fraction of sp³-hybridized carbons (Fsp3) is 0.320. The largest absolute Gasteiger partial charge is 0.493 e. The second-order valence-electron chi connectivity index (χ2n) is 8.22. The van der Waals surface area contributed by atoms with Crippen molar-refractivity contribution in [3.63, 3.8) is 0 Å². The van der Waals surface area contributed by atoms with Gasteiger partial charge in [0.1, 0.15) is 0 Å². The van der Waals surface area contributed by atoms with Gasteiger partial charge in [-0.25, -0.2) is 0 Å². The van der Waals surface area contributed by atoms with Gasteiger partial charge in [-0.15, -0.1) is 0 Å². The summed E-state index contributed by atoms with van der Waals surface area (Å²) >= 11 is 6.38. The normalized spacial score (nSPS) is 16.2. The molecule has 0 radical (unpaired) electrons. The third-order valence-electron chi connectivity index (χ3n) is 6.24. The fourth-order valence-electron chi connectivity index (χ4n) is 4.63. The van der Waals surface area contributed by atoms with E-state index in [1.54, 1.807) is 7.11 Å². The number of piperazine rings is 1. The van der Waals surface area contributed by atoms with E-state index in [4.69, 9.17) is 20.8 Å². The first-order valence-corrected chi connectivity index (χ1v) is 11.1. The first-order valence-electron chi connectivity index (χ1n) is 10.7. The minimum Gasteiger partial charge on any atom is -0.493 e. The van der Waals surface area contributed by atoms with Crippen LogP contribution in [0.3, 0.4) is 0 Å². The lowest BCUT2D eigenvalue weighted by atomic mass is 9.99. The summed E-state index contributed by atoms with van der Waals surface area (Å²) in [5, 5.41) is 2.99. The van der Waals surface area contributed by atoms with Crippen LogP contribution in [0.2, 0.25) is 5.02 Å². The van der Waals surface area contributed by atoms with Gasteiger partial charge in [0.15, 0.2) is 11.3 Å². The van der Waals surface area contributed by atoms with E-state index >= 15 is 0 Å². The van der Waals surface area contributed by atoms with Gasteiger partial charge >= 0.3 is 0 Å². The molecular weight excluding hydrogens is 410 g/mol. The quantitative estimate of drug-likeness (QED) is 0.410. The molecule has 5 rings (SSSR count). The van der Waals surface area contributed by atoms with E-state index in [1.807, 2.05) is 42.8 Å². The second-order valence-corrected chi connectivity index (χ2v) is 8.65. The van der Waals surface area contributed by atoms with Crippen LogP contribution in [-0.4, -0.2) is 49.7 Å². The molecule has 1 fully saturated rings. The van der Waals surface area contributed by atoms with Crippen LogP contribution in [-0.2, 0) is 0 Å². The third kappa shape index (κ3) is 3.84. The first-order chi connectivity index (χ1) is 15.1. The van der Waals surface area contributed by atoms with Gasteiger partial charge in [-0.05, 0) is 30.2 Å². The van der Waals surface area contributed by atoms with Gasteiger partial charge in [0, 0.05) is 60.3 Å². The predicted octanol–water partition coefficient (Wildman–Crippen LogP) is 5.57. The van der Waals surface area contributed by atoms with Gasteiger partial charge in [0.2, 0.25) is 0 Å². The molecule has 2 aromatic carbocycles. The molecule has 1 aliphatic heterocycles. The number of ether oxygens (including phenoxy) is 1. The van der Waals surface area contributed by atoms with Crippen LogP contribution in [0.4, 0.5) is 5.69 Å². The summed E-state index contributed by atoms with van der Waals surface area (Å²) in [7, 11) is 1.68. The Kier molecular flexibility index (Phi) is 5.47. The average molecular weight is 436 g/mol. The maximum atomic E-state index is 6.38. The molecule has 2 aromatic heterocycles. The Morgan fingerprint density at radius 2 is 1.97 bits per heavy atom. The van der Waals surface area contributed by atoms with Gasteiger partial charge in [0.05, 0.1) is 24.6 Å². The summed E-state index contributed by atoms with van der Waals surface area (Å²) in [5.41, 5.74) is 4.22. The van der Waals surface area contributed by atoms with Crippen molar-refractivity contribution in [2.45, 2.75) is 12.8 Å². The number of para-hydroxylation sites is 1. The standard InChI is InChI=1S/C25H26ClN3O2/c1-17(21-16-31-25-20(21)6-3-7-23(25)30-2)15-28-9-11-29(12-10-28)22-14-19(26)13-18-5-4-8-27-24(18)22/h3-8,13-14,16-17H,9-12,15H2,1-2H3. The van der Waals surface area contributed by atoms with E-state index in [9.17, 15) is 0 Å². The summed E-state index contributed by atoms with van der Waals surface area (Å²) in [6.07, 6.45) is 3.74. The van der Waals surface area contributed by atoms with Crippen LogP contribution in [0.1, 0.15) is 18.4 Å². The molecule has 1 aliphatic rings. The van der Waals surface area contributed by atoms with Crippen molar-refractivity contribution in [2.24, 2.45) is 0 Å². The maximum Gasteiger partial charge on any atom is 0.175 e. The molecule has 1 saturated heterocycles. The number of benzene rings is 2. The monoisotopic (exact) mass is 435 g/mol. The highest BCUT2D eigenvalue weighted by molar-refractivity contribution is 6.31. The van der Waals surface area contributed by atoms with E-state index < -0.39 is 0 Å². The number of pyridine rings is 1. The fourth-order valence-corrected chi connectivity index (χ4v) is 4.85. The molecule has 0 saturated carbocycles. The predicted molar refractivity (Wildman–Crippen MR) is 127 cm³/mol. The number of nitrogens with zero attached hydrogens (tertiary/aromatic N) is 3. The number of halogens is 1. The van der Waals surface area contributed by atoms with Crippen molar-refractivity contribution in [2.75, 3.05) is 44.7 Å². The smallest absolute Gasteiger partial charge is 0.175 e. The molecule has 0 amide bonds. The van der Waals surface area contributed by atoms with Gasteiger partial charge in [-0.1, -0.05) is 36.7 Å². The zero-order valence-electron chi connectivity index (χ0n) is 17.8. The number of methoxy groups -OCH3 is 1. The van der Waals surface area contributed by atoms with E-state index in [1.165, 1.54) is 5.56 Å². The number of hydrogen-bond acceptors (Lipinski definition) is 5. The Bertz CT molecular complexity index is 1210. The highest BCUT2D eigenvalue weighted by Crippen LogP contribution is 2.34. The Balaban J connectivity index is 1.29. The summed E-state index contributed by atoms with van der Waals surface area (Å²) in [6, 6.07) is 14.1. The molecule has 0 bridgehead atoms. The van der Waals surface area contributed by atoms with E-state index in [-0.39, 0.29) is 0 Å². The topological polar surface area (TPSA) is 41.7 Å². The number of aromatic nitrogens is 1. The zero-order chi connectivity index (χ0) is 21.4. The van der Waals surface area contributed by atoms with Crippen molar-refractivity contribution in [1.82, 2.24) is 9.88 Å². The summed E-state index contributed by atoms with van der Waals surface area (Å²) in [4.78, 5) is 9.54. The maximum absolute atomic E-state index is 6.38. The van der Waals surface area contributed by atoms with Crippen molar-refractivity contribution >= 4 is 39.2 Å². The Hall–Kier alpha value is -2.76. The lowest BCUT2D eigenvalue weighted by molar-refractivity contribution is 0.246. The van der Waals surface area contributed by atoms with Crippen molar-refractivity contribution in [1.29, 1.82) is 0 Å². The van der Waals surface area contributed by atoms with Gasteiger partial charge < -0.3 is 14.1 Å². The van der Waals surface area contributed by atoms with Crippen LogP contribution in [0.5, 0.6) is 5.75 Å². The third-order valence-corrected chi connectivity index (χ3v) is 6.46. The van der Waals surface area contributed by atoms with Crippen LogP contribution >= 0.6 is 11.6 Å². The van der Waals surface area contributed by atoms with Crippen molar-refractivity contribution in [3.05, 3.63) is 65.5 Å². The molecular formula is C25H26ClN3O2. The molecule has 0 aliphatic carbocycles. The molecule has 6 heteroatoms. The van der Waals surface area contributed by atoms with Gasteiger partial charge in [-0.2, -0.15) is 0 Å². The zero-order valence-corrected chi connectivity index (χ0v) is 18.6. The van der Waals surface area contributed by atoms with E-state index in [0.29, 0.717) is 5.92 Å². The molecule has 0 N–H and O–H groups in total. The SMILES string of the molecule is COc1cccc2c(C(C)CN3CCN(c4cc(Cl)cc5cccnc45)CC3)coc12. The molecule has 5 nitrogen and oxygen atoms in total.